The Morgan fingerprint density at radius 2 is 1.00 bits per heavy atom. The molecule has 2 aliphatic carbocycles. The third-order valence-corrected chi connectivity index (χ3v) is 6.64. The van der Waals surface area contributed by atoms with Crippen LogP contribution in [0.2, 0.25) is 0 Å². The Morgan fingerprint density at radius 3 is 1.38 bits per heavy atom. The van der Waals surface area contributed by atoms with Gasteiger partial charge >= 0.3 is 0 Å². The molecule has 0 aromatic heterocycles. The Bertz CT molecular complexity index is 1240. The van der Waals surface area contributed by atoms with Gasteiger partial charge in [0.1, 0.15) is 11.5 Å². The molecule has 0 heterocycles. The smallest absolute Gasteiger partial charge is 0.189 e. The van der Waals surface area contributed by atoms with Gasteiger partial charge in [0.25, 0.3) is 0 Å². The Morgan fingerprint density at radius 1 is 0.588 bits per heavy atom. The molecule has 170 valence electrons. The number of carbonyl (C=O) groups is 2. The Labute approximate surface area is 199 Å². The number of aryl methyl sites for hydroxylation is 2. The van der Waals surface area contributed by atoms with Crippen molar-refractivity contribution in [2.75, 3.05) is 14.2 Å². The van der Waals surface area contributed by atoms with E-state index in [0.717, 1.165) is 68.9 Å². The lowest BCUT2D eigenvalue weighted by atomic mass is 9.85. The van der Waals surface area contributed by atoms with E-state index in [1.54, 1.807) is 14.2 Å². The number of allylic oxidation sites excluding steroid dienone is 2. The minimum atomic E-state index is 0.0817. The fraction of sp³-hybridized carbons (Fsp3) is 0.200. The highest BCUT2D eigenvalue weighted by molar-refractivity contribution is 6.14. The van der Waals surface area contributed by atoms with E-state index in [1.807, 2.05) is 72.8 Å². The highest BCUT2D eigenvalue weighted by Crippen LogP contribution is 2.31. The maximum atomic E-state index is 13.0. The van der Waals surface area contributed by atoms with Crippen molar-refractivity contribution in [3.05, 3.63) is 105 Å². The molecule has 34 heavy (non-hydrogen) atoms. The summed E-state index contributed by atoms with van der Waals surface area (Å²) in [5.41, 5.74) is 7.20. The molecule has 0 spiro atoms. The number of ether oxygens (including phenoxy) is 2. The quantitative estimate of drug-likeness (QED) is 0.449. The summed E-state index contributed by atoms with van der Waals surface area (Å²) in [6, 6.07) is 19.3. The number of hydrogen-bond donors (Lipinski definition) is 0. The molecule has 0 bridgehead atoms. The largest absolute Gasteiger partial charge is 0.497 e. The van der Waals surface area contributed by atoms with E-state index in [9.17, 15) is 9.59 Å². The molecule has 0 aliphatic heterocycles. The molecule has 0 unspecified atom stereocenters. The lowest BCUT2D eigenvalue weighted by Gasteiger charge is -2.18. The summed E-state index contributed by atoms with van der Waals surface area (Å²) < 4.78 is 10.6. The zero-order valence-electron chi connectivity index (χ0n) is 19.4. The van der Waals surface area contributed by atoms with Crippen molar-refractivity contribution in [1.82, 2.24) is 0 Å². The molecule has 0 radical (unpaired) electrons. The van der Waals surface area contributed by atoms with E-state index in [0.29, 0.717) is 12.8 Å². The molecule has 0 saturated heterocycles. The molecule has 0 fully saturated rings. The first-order chi connectivity index (χ1) is 16.6. The van der Waals surface area contributed by atoms with Gasteiger partial charge in [-0.15, -0.1) is 0 Å². The molecular formula is C30H26O4. The molecule has 4 heteroatoms. The predicted molar refractivity (Wildman–Crippen MR) is 134 cm³/mol. The third-order valence-electron chi connectivity index (χ3n) is 6.64. The van der Waals surface area contributed by atoms with Crippen LogP contribution in [0.3, 0.4) is 0 Å². The van der Waals surface area contributed by atoms with Gasteiger partial charge in [-0.1, -0.05) is 24.3 Å². The third kappa shape index (κ3) is 4.19. The molecule has 2 aliphatic rings. The lowest BCUT2D eigenvalue weighted by molar-refractivity contribution is 0.101. The number of methoxy groups -OCH3 is 2. The molecule has 3 aromatic carbocycles. The van der Waals surface area contributed by atoms with Gasteiger partial charge in [-0.3, -0.25) is 9.59 Å². The summed E-state index contributed by atoms with van der Waals surface area (Å²) in [5.74, 6) is 1.73. The second-order valence-corrected chi connectivity index (χ2v) is 8.71. The SMILES string of the molecule is COc1ccc2c(c1)CCC(=Cc1ccc(C=C3CCc4cc(OC)ccc4C3=O)cc1)C2=O. The monoisotopic (exact) mass is 450 g/mol. The van der Waals surface area contributed by atoms with Crippen LogP contribution < -0.4 is 9.47 Å². The first-order valence-corrected chi connectivity index (χ1v) is 11.5. The Kier molecular flexibility index (Phi) is 5.89. The van der Waals surface area contributed by atoms with E-state index >= 15 is 0 Å². The molecule has 0 saturated carbocycles. The van der Waals surface area contributed by atoms with Crippen LogP contribution in [0.25, 0.3) is 12.2 Å². The van der Waals surface area contributed by atoms with Gasteiger partial charge in [-0.05, 0) is 96.5 Å². The molecule has 4 nitrogen and oxygen atoms in total. The topological polar surface area (TPSA) is 52.6 Å². The lowest BCUT2D eigenvalue weighted by Crippen LogP contribution is -2.14. The standard InChI is InChI=1S/C30H26O4/c1-33-25-11-13-27-21(17-25)7-9-23(29(27)31)15-19-3-5-20(6-4-19)16-24-10-8-22-18-26(34-2)12-14-28(22)30(24)32/h3-6,11-18H,7-10H2,1-2H3. The van der Waals surface area contributed by atoms with Crippen molar-refractivity contribution < 1.29 is 19.1 Å². The highest BCUT2D eigenvalue weighted by Gasteiger charge is 2.23. The van der Waals surface area contributed by atoms with Gasteiger partial charge in [0.2, 0.25) is 0 Å². The summed E-state index contributed by atoms with van der Waals surface area (Å²) in [6.07, 6.45) is 7.02. The maximum absolute atomic E-state index is 13.0. The maximum Gasteiger partial charge on any atom is 0.189 e. The van der Waals surface area contributed by atoms with Crippen molar-refractivity contribution in [3.8, 4) is 11.5 Å². The minimum absolute atomic E-state index is 0.0817. The van der Waals surface area contributed by atoms with Crippen LogP contribution in [0, 0.1) is 0 Å². The second-order valence-electron chi connectivity index (χ2n) is 8.71. The van der Waals surface area contributed by atoms with Crippen LogP contribution in [0.15, 0.2) is 71.8 Å². The molecule has 0 N–H and O–H groups in total. The van der Waals surface area contributed by atoms with E-state index in [-0.39, 0.29) is 11.6 Å². The molecule has 3 aromatic rings. The van der Waals surface area contributed by atoms with E-state index < -0.39 is 0 Å². The minimum Gasteiger partial charge on any atom is -0.497 e. The van der Waals surface area contributed by atoms with Crippen molar-refractivity contribution >= 4 is 23.7 Å². The normalized spacial score (nSPS) is 17.5. The van der Waals surface area contributed by atoms with Crippen LogP contribution in [0.1, 0.15) is 55.8 Å². The fourth-order valence-electron chi connectivity index (χ4n) is 4.73. The molecular weight excluding hydrogens is 424 g/mol. The van der Waals surface area contributed by atoms with Gasteiger partial charge < -0.3 is 9.47 Å². The summed E-state index contributed by atoms with van der Waals surface area (Å²) in [6.45, 7) is 0. The van der Waals surface area contributed by atoms with Crippen molar-refractivity contribution in [2.24, 2.45) is 0 Å². The Balaban J connectivity index is 1.34. The summed E-state index contributed by atoms with van der Waals surface area (Å²) in [5, 5.41) is 0. The van der Waals surface area contributed by atoms with Crippen molar-refractivity contribution in [1.29, 1.82) is 0 Å². The van der Waals surface area contributed by atoms with E-state index in [4.69, 9.17) is 9.47 Å². The molecule has 0 atom stereocenters. The van der Waals surface area contributed by atoms with Crippen LogP contribution in [-0.2, 0) is 12.8 Å². The van der Waals surface area contributed by atoms with Crippen LogP contribution in [0.4, 0.5) is 0 Å². The van der Waals surface area contributed by atoms with E-state index in [1.165, 1.54) is 0 Å². The molecule has 0 amide bonds. The predicted octanol–water partition coefficient (Wildman–Crippen LogP) is 6.13. The number of benzene rings is 3. The van der Waals surface area contributed by atoms with Gasteiger partial charge in [0, 0.05) is 22.3 Å². The number of Topliss-reactive ketones (excluding diaryl/α,β-unsaturated/α-hetero) is 2. The zero-order chi connectivity index (χ0) is 23.7. The van der Waals surface area contributed by atoms with Gasteiger partial charge in [0.15, 0.2) is 11.6 Å². The summed E-state index contributed by atoms with van der Waals surface area (Å²) in [7, 11) is 3.27. The highest BCUT2D eigenvalue weighted by atomic mass is 16.5. The summed E-state index contributed by atoms with van der Waals surface area (Å²) in [4.78, 5) is 25.9. The first-order valence-electron chi connectivity index (χ1n) is 11.5. The zero-order valence-corrected chi connectivity index (χ0v) is 19.4. The number of hydrogen-bond acceptors (Lipinski definition) is 4. The Hall–Kier alpha value is -3.92. The first kappa shape index (κ1) is 21.9. The van der Waals surface area contributed by atoms with Crippen molar-refractivity contribution in [3.63, 3.8) is 0 Å². The molecule has 5 rings (SSSR count). The average molecular weight is 451 g/mol. The number of carbonyl (C=O) groups excluding carboxylic acids is 2. The van der Waals surface area contributed by atoms with Gasteiger partial charge in [-0.25, -0.2) is 0 Å². The van der Waals surface area contributed by atoms with Crippen LogP contribution in [0.5, 0.6) is 11.5 Å². The van der Waals surface area contributed by atoms with Gasteiger partial charge in [0.05, 0.1) is 14.2 Å². The average Bonchev–Trinajstić information content (AvgIpc) is 2.88. The number of ketones is 2. The van der Waals surface area contributed by atoms with E-state index in [2.05, 4.69) is 0 Å². The van der Waals surface area contributed by atoms with Crippen molar-refractivity contribution in [2.45, 2.75) is 25.7 Å². The number of rotatable bonds is 4. The van der Waals surface area contributed by atoms with Gasteiger partial charge in [-0.2, -0.15) is 0 Å². The fourth-order valence-corrected chi connectivity index (χ4v) is 4.73. The second kappa shape index (κ2) is 9.14. The summed E-state index contributed by atoms with van der Waals surface area (Å²) >= 11 is 0. The van der Waals surface area contributed by atoms with Crippen LogP contribution in [-0.4, -0.2) is 25.8 Å². The van der Waals surface area contributed by atoms with Crippen LogP contribution >= 0.6 is 0 Å². The number of fused-ring (bicyclic) bond motifs is 2.